The molecule has 2 rings (SSSR count). The second-order valence-electron chi connectivity index (χ2n) is 6.28. The van der Waals surface area contributed by atoms with E-state index in [9.17, 15) is 15.2 Å². The summed E-state index contributed by atoms with van der Waals surface area (Å²) in [7, 11) is 0. The number of aromatic hydroxyl groups is 1. The Morgan fingerprint density at radius 2 is 2.13 bits per heavy atom. The van der Waals surface area contributed by atoms with Crippen molar-refractivity contribution in [2.45, 2.75) is 32.3 Å². The third kappa shape index (κ3) is 4.57. The molecule has 1 aromatic rings. The van der Waals surface area contributed by atoms with Gasteiger partial charge in [-0.05, 0) is 63.6 Å². The van der Waals surface area contributed by atoms with Crippen LogP contribution in [-0.4, -0.2) is 29.8 Å². The maximum atomic E-state index is 12.3. The van der Waals surface area contributed by atoms with Crippen molar-refractivity contribution < 1.29 is 14.6 Å². The lowest BCUT2D eigenvalue weighted by molar-refractivity contribution is -0.157. The molecule has 0 aliphatic carbocycles. The molecule has 0 radical (unpaired) electrons. The second-order valence-corrected chi connectivity index (χ2v) is 6.28. The van der Waals surface area contributed by atoms with E-state index in [2.05, 4.69) is 5.32 Å². The van der Waals surface area contributed by atoms with Gasteiger partial charge in [-0.25, -0.2) is 4.79 Å². The van der Waals surface area contributed by atoms with Gasteiger partial charge in [0.05, 0.1) is 0 Å². The summed E-state index contributed by atoms with van der Waals surface area (Å²) < 4.78 is 5.61. The molecule has 122 valence electrons. The molecule has 5 nitrogen and oxygen atoms in total. The highest BCUT2D eigenvalue weighted by Gasteiger charge is 2.34. The number of hydrogen-bond acceptors (Lipinski definition) is 5. The fraction of sp³-hybridized carbons (Fsp3) is 0.444. The summed E-state index contributed by atoms with van der Waals surface area (Å²) in [6, 6.07) is 8.27. The molecule has 0 aromatic heterocycles. The average molecular weight is 314 g/mol. The van der Waals surface area contributed by atoms with Gasteiger partial charge in [0.25, 0.3) is 0 Å². The SMILES string of the molecule is CC(C)(OC(=O)/C(C#N)=C/c1cccc(O)c1)C1CCNCC1. The van der Waals surface area contributed by atoms with E-state index in [4.69, 9.17) is 4.74 Å². The third-order valence-electron chi connectivity index (χ3n) is 4.20. The molecule has 1 heterocycles. The van der Waals surface area contributed by atoms with Crippen molar-refractivity contribution in [1.82, 2.24) is 5.32 Å². The standard InChI is InChI=1S/C18H22N2O3/c1-18(2,15-6-8-20-9-7-15)23-17(22)14(12-19)10-13-4-3-5-16(21)11-13/h3-5,10-11,15,20-21H,6-9H2,1-2H3/b14-10+. The number of nitrogens with one attached hydrogen (secondary N) is 1. The molecule has 0 atom stereocenters. The monoisotopic (exact) mass is 314 g/mol. The number of hydrogen-bond donors (Lipinski definition) is 2. The van der Waals surface area contributed by atoms with Gasteiger partial charge >= 0.3 is 5.97 Å². The summed E-state index contributed by atoms with van der Waals surface area (Å²) in [5.74, 6) is -0.271. The quantitative estimate of drug-likeness (QED) is 0.507. The van der Waals surface area contributed by atoms with E-state index < -0.39 is 11.6 Å². The summed E-state index contributed by atoms with van der Waals surface area (Å²) in [6.45, 7) is 5.61. The van der Waals surface area contributed by atoms with Crippen LogP contribution < -0.4 is 5.32 Å². The largest absolute Gasteiger partial charge is 0.508 e. The topological polar surface area (TPSA) is 82.4 Å². The number of carbonyl (C=O) groups excluding carboxylic acids is 1. The summed E-state index contributed by atoms with van der Waals surface area (Å²) >= 11 is 0. The summed E-state index contributed by atoms with van der Waals surface area (Å²) in [5, 5.41) is 22.0. The minimum atomic E-state index is -0.626. The minimum Gasteiger partial charge on any atom is -0.508 e. The first-order valence-electron chi connectivity index (χ1n) is 7.77. The third-order valence-corrected chi connectivity index (χ3v) is 4.20. The van der Waals surface area contributed by atoms with Gasteiger partial charge in [0.15, 0.2) is 0 Å². The Morgan fingerprint density at radius 1 is 1.43 bits per heavy atom. The number of esters is 1. The lowest BCUT2D eigenvalue weighted by atomic mass is 9.83. The van der Waals surface area contributed by atoms with Gasteiger partial charge in [0, 0.05) is 5.92 Å². The van der Waals surface area contributed by atoms with Gasteiger partial charge in [-0.1, -0.05) is 12.1 Å². The van der Waals surface area contributed by atoms with Crippen LogP contribution in [0.5, 0.6) is 5.75 Å². The molecular formula is C18H22N2O3. The van der Waals surface area contributed by atoms with Crippen molar-refractivity contribution in [1.29, 1.82) is 5.26 Å². The predicted molar refractivity (Wildman–Crippen MR) is 87.5 cm³/mol. The van der Waals surface area contributed by atoms with Crippen LogP contribution in [0.15, 0.2) is 29.8 Å². The molecule has 0 saturated carbocycles. The van der Waals surface area contributed by atoms with Crippen molar-refractivity contribution in [3.63, 3.8) is 0 Å². The molecule has 1 saturated heterocycles. The first-order chi connectivity index (χ1) is 10.9. The van der Waals surface area contributed by atoms with Crippen LogP contribution in [0.25, 0.3) is 6.08 Å². The number of nitriles is 1. The molecule has 0 spiro atoms. The van der Waals surface area contributed by atoms with E-state index in [-0.39, 0.29) is 17.2 Å². The number of rotatable bonds is 4. The van der Waals surface area contributed by atoms with Crippen molar-refractivity contribution in [2.75, 3.05) is 13.1 Å². The lowest BCUT2D eigenvalue weighted by Gasteiger charge is -2.36. The predicted octanol–water partition coefficient (Wildman–Crippen LogP) is 2.62. The lowest BCUT2D eigenvalue weighted by Crippen LogP contribution is -2.43. The van der Waals surface area contributed by atoms with E-state index in [1.54, 1.807) is 12.1 Å². The van der Waals surface area contributed by atoms with Gasteiger partial charge in [0.1, 0.15) is 23.0 Å². The van der Waals surface area contributed by atoms with E-state index in [1.165, 1.54) is 18.2 Å². The molecule has 0 unspecified atom stereocenters. The Bertz CT molecular complexity index is 638. The Balaban J connectivity index is 2.12. The summed E-state index contributed by atoms with van der Waals surface area (Å²) in [4.78, 5) is 12.3. The smallest absolute Gasteiger partial charge is 0.349 e. The van der Waals surface area contributed by atoms with Crippen LogP contribution in [0.2, 0.25) is 0 Å². The number of piperidine rings is 1. The minimum absolute atomic E-state index is 0.0717. The summed E-state index contributed by atoms with van der Waals surface area (Å²) in [6.07, 6.45) is 3.32. The van der Waals surface area contributed by atoms with Crippen LogP contribution in [0.1, 0.15) is 32.3 Å². The van der Waals surface area contributed by atoms with Gasteiger partial charge < -0.3 is 15.2 Å². The Hall–Kier alpha value is -2.32. The van der Waals surface area contributed by atoms with Crippen molar-refractivity contribution in [3.8, 4) is 11.8 Å². The van der Waals surface area contributed by atoms with Gasteiger partial charge in [-0.15, -0.1) is 0 Å². The Kier molecular flexibility index (Phi) is 5.41. The molecular weight excluding hydrogens is 292 g/mol. The maximum Gasteiger partial charge on any atom is 0.349 e. The zero-order valence-electron chi connectivity index (χ0n) is 13.5. The van der Waals surface area contributed by atoms with E-state index >= 15 is 0 Å². The van der Waals surface area contributed by atoms with E-state index in [0.717, 1.165) is 25.9 Å². The van der Waals surface area contributed by atoms with Gasteiger partial charge in [-0.3, -0.25) is 0 Å². The fourth-order valence-corrected chi connectivity index (χ4v) is 2.81. The van der Waals surface area contributed by atoms with Crippen molar-refractivity contribution in [2.24, 2.45) is 5.92 Å². The summed E-state index contributed by atoms with van der Waals surface area (Å²) in [5.41, 5.74) is -0.107. The van der Waals surface area contributed by atoms with Crippen LogP contribution in [0.3, 0.4) is 0 Å². The number of ether oxygens (including phenoxy) is 1. The highest BCUT2D eigenvalue weighted by Crippen LogP contribution is 2.30. The Morgan fingerprint density at radius 3 is 2.74 bits per heavy atom. The first kappa shape index (κ1) is 17.0. The molecule has 1 fully saturated rings. The van der Waals surface area contributed by atoms with Crippen molar-refractivity contribution >= 4 is 12.0 Å². The fourth-order valence-electron chi connectivity index (χ4n) is 2.81. The van der Waals surface area contributed by atoms with E-state index in [0.29, 0.717) is 5.56 Å². The van der Waals surface area contributed by atoms with Crippen LogP contribution in [0.4, 0.5) is 0 Å². The molecule has 1 aromatic carbocycles. The maximum absolute atomic E-state index is 12.3. The van der Waals surface area contributed by atoms with Crippen LogP contribution >= 0.6 is 0 Å². The van der Waals surface area contributed by atoms with Gasteiger partial charge in [0.2, 0.25) is 0 Å². The van der Waals surface area contributed by atoms with E-state index in [1.807, 2.05) is 19.9 Å². The molecule has 1 aliphatic heterocycles. The molecule has 5 heteroatoms. The molecule has 0 bridgehead atoms. The average Bonchev–Trinajstić information content (AvgIpc) is 2.53. The number of benzene rings is 1. The van der Waals surface area contributed by atoms with Gasteiger partial charge in [-0.2, -0.15) is 5.26 Å². The molecule has 1 aliphatic rings. The highest BCUT2D eigenvalue weighted by atomic mass is 16.6. The molecule has 23 heavy (non-hydrogen) atoms. The number of phenols is 1. The highest BCUT2D eigenvalue weighted by molar-refractivity contribution is 5.98. The van der Waals surface area contributed by atoms with Crippen molar-refractivity contribution in [3.05, 3.63) is 35.4 Å². The zero-order valence-corrected chi connectivity index (χ0v) is 13.5. The number of nitrogens with zero attached hydrogens (tertiary/aromatic N) is 1. The second kappa shape index (κ2) is 7.30. The first-order valence-corrected chi connectivity index (χ1v) is 7.77. The molecule has 2 N–H and O–H groups in total. The van der Waals surface area contributed by atoms with Crippen LogP contribution in [-0.2, 0) is 9.53 Å². The zero-order chi connectivity index (χ0) is 16.9. The number of phenolic OH excluding ortho intramolecular Hbond substituents is 1. The molecule has 0 amide bonds. The Labute approximate surface area is 136 Å². The van der Waals surface area contributed by atoms with Crippen LogP contribution in [0, 0.1) is 17.2 Å². The normalized spacial score (nSPS) is 16.7. The number of carbonyl (C=O) groups is 1.